The summed E-state index contributed by atoms with van der Waals surface area (Å²) in [5, 5.41) is 3.85. The van der Waals surface area contributed by atoms with Crippen LogP contribution < -0.4 is 5.32 Å². The second-order valence-electron chi connectivity index (χ2n) is 4.84. The Bertz CT molecular complexity index is 557. The number of sulfonamides is 1. The molecule has 1 aliphatic heterocycles. The summed E-state index contributed by atoms with van der Waals surface area (Å²) in [6, 6.07) is 1.75. The van der Waals surface area contributed by atoms with Crippen molar-refractivity contribution < 1.29 is 8.42 Å². The molecule has 0 saturated carbocycles. The topological polar surface area (TPSA) is 49.4 Å². The van der Waals surface area contributed by atoms with E-state index in [0.717, 1.165) is 12.8 Å². The van der Waals surface area contributed by atoms with E-state index in [-0.39, 0.29) is 12.1 Å². The molecule has 1 fully saturated rings. The number of hydrogen-bond donors (Lipinski definition) is 1. The van der Waals surface area contributed by atoms with Gasteiger partial charge in [0.1, 0.15) is 4.21 Å². The molecule has 8 heteroatoms. The maximum absolute atomic E-state index is 12.8. The summed E-state index contributed by atoms with van der Waals surface area (Å²) in [5.41, 5.74) is 0. The molecule has 0 bridgehead atoms. The Balaban J connectivity index is 2.34. The Morgan fingerprint density at radius 1 is 1.50 bits per heavy atom. The van der Waals surface area contributed by atoms with Crippen LogP contribution in [-0.2, 0) is 10.0 Å². The van der Waals surface area contributed by atoms with Crippen molar-refractivity contribution in [1.82, 2.24) is 9.62 Å². The maximum Gasteiger partial charge on any atom is 0.252 e. The van der Waals surface area contributed by atoms with E-state index in [0.29, 0.717) is 26.1 Å². The average molecular weight is 402 g/mol. The lowest BCUT2D eigenvalue weighted by atomic mass is 10.1. The zero-order chi connectivity index (χ0) is 14.9. The van der Waals surface area contributed by atoms with Crippen molar-refractivity contribution in [3.63, 3.8) is 0 Å². The number of rotatable bonds is 4. The van der Waals surface area contributed by atoms with Crippen molar-refractivity contribution in [3.8, 4) is 0 Å². The number of piperazine rings is 1. The van der Waals surface area contributed by atoms with Crippen LogP contribution in [0.1, 0.15) is 26.7 Å². The Kier molecular flexibility index (Phi) is 5.53. The van der Waals surface area contributed by atoms with Crippen molar-refractivity contribution in [3.05, 3.63) is 14.9 Å². The largest absolute Gasteiger partial charge is 0.311 e. The summed E-state index contributed by atoms with van der Waals surface area (Å²) in [4.78, 5) is 0. The molecule has 1 N–H and O–H groups in total. The predicted molar refractivity (Wildman–Crippen MR) is 87.1 cm³/mol. The lowest BCUT2D eigenvalue weighted by molar-refractivity contribution is 0.216. The van der Waals surface area contributed by atoms with Gasteiger partial charge in [-0.2, -0.15) is 4.31 Å². The number of nitrogens with one attached hydrogen (secondary N) is 1. The van der Waals surface area contributed by atoms with Gasteiger partial charge in [0.2, 0.25) is 0 Å². The van der Waals surface area contributed by atoms with Crippen LogP contribution in [0, 0.1) is 0 Å². The third kappa shape index (κ3) is 3.23. The molecule has 0 aliphatic carbocycles. The zero-order valence-corrected chi connectivity index (χ0v) is 15.4. The molecule has 4 nitrogen and oxygen atoms in total. The van der Waals surface area contributed by atoms with E-state index in [4.69, 9.17) is 11.6 Å². The molecule has 2 heterocycles. The van der Waals surface area contributed by atoms with Crippen molar-refractivity contribution >= 4 is 48.9 Å². The molecule has 0 radical (unpaired) electrons. The Morgan fingerprint density at radius 2 is 2.20 bits per heavy atom. The van der Waals surface area contributed by atoms with Gasteiger partial charge < -0.3 is 5.32 Å². The van der Waals surface area contributed by atoms with Gasteiger partial charge in [-0.1, -0.05) is 25.4 Å². The third-order valence-corrected chi connectivity index (χ3v) is 8.44. The number of hydrogen-bond acceptors (Lipinski definition) is 4. The fourth-order valence-electron chi connectivity index (χ4n) is 2.32. The molecule has 1 aromatic heterocycles. The van der Waals surface area contributed by atoms with E-state index >= 15 is 0 Å². The van der Waals surface area contributed by atoms with Crippen LogP contribution in [0.3, 0.4) is 0 Å². The molecule has 0 spiro atoms. The van der Waals surface area contributed by atoms with Gasteiger partial charge >= 0.3 is 0 Å². The minimum atomic E-state index is -3.47. The molecule has 2 unspecified atom stereocenters. The molecule has 20 heavy (non-hydrogen) atoms. The quantitative estimate of drug-likeness (QED) is 0.842. The highest BCUT2D eigenvalue weighted by Gasteiger charge is 2.36. The molecule has 1 aromatic rings. The minimum absolute atomic E-state index is 0.00227. The van der Waals surface area contributed by atoms with E-state index in [2.05, 4.69) is 28.2 Å². The first-order valence-electron chi connectivity index (χ1n) is 6.60. The fraction of sp³-hybridized carbons (Fsp3) is 0.667. The molecule has 1 aliphatic rings. The van der Waals surface area contributed by atoms with Crippen LogP contribution in [0.15, 0.2) is 14.1 Å². The van der Waals surface area contributed by atoms with Crippen LogP contribution in [0.5, 0.6) is 0 Å². The van der Waals surface area contributed by atoms with Gasteiger partial charge in [0, 0.05) is 25.2 Å². The number of halogens is 2. The van der Waals surface area contributed by atoms with Gasteiger partial charge in [0.25, 0.3) is 10.0 Å². The molecule has 2 atom stereocenters. The highest BCUT2D eigenvalue weighted by molar-refractivity contribution is 9.11. The highest BCUT2D eigenvalue weighted by Crippen LogP contribution is 2.37. The first-order chi connectivity index (χ1) is 9.40. The van der Waals surface area contributed by atoms with Crippen molar-refractivity contribution in [2.75, 3.05) is 13.1 Å². The van der Waals surface area contributed by atoms with Gasteiger partial charge in [-0.3, -0.25) is 0 Å². The summed E-state index contributed by atoms with van der Waals surface area (Å²) >= 11 is 10.4. The maximum atomic E-state index is 12.8. The first kappa shape index (κ1) is 16.7. The van der Waals surface area contributed by atoms with Gasteiger partial charge in [-0.05, 0) is 34.8 Å². The normalized spacial score (nSPS) is 25.0. The van der Waals surface area contributed by atoms with Crippen molar-refractivity contribution in [2.24, 2.45) is 0 Å². The summed E-state index contributed by atoms with van der Waals surface area (Å²) in [5.74, 6) is 0. The van der Waals surface area contributed by atoms with Crippen LogP contribution in [0.4, 0.5) is 0 Å². The van der Waals surface area contributed by atoms with Crippen LogP contribution in [0.25, 0.3) is 0 Å². The molecule has 0 aromatic carbocycles. The summed E-state index contributed by atoms with van der Waals surface area (Å²) in [6.45, 7) is 5.30. The summed E-state index contributed by atoms with van der Waals surface area (Å²) in [7, 11) is -3.47. The monoisotopic (exact) mass is 400 g/mol. The molecular weight excluding hydrogens is 384 g/mol. The van der Waals surface area contributed by atoms with Crippen LogP contribution in [0.2, 0.25) is 5.02 Å². The predicted octanol–water partition coefficient (Wildman–Crippen LogP) is 3.32. The average Bonchev–Trinajstić information content (AvgIpc) is 2.78. The van der Waals surface area contributed by atoms with Crippen molar-refractivity contribution in [1.29, 1.82) is 0 Å². The Hall–Kier alpha value is 0.340. The van der Waals surface area contributed by atoms with Crippen molar-refractivity contribution in [2.45, 2.75) is 43.0 Å². The van der Waals surface area contributed by atoms with E-state index in [1.807, 2.05) is 6.92 Å². The molecule has 0 amide bonds. The Labute approximate surface area is 137 Å². The minimum Gasteiger partial charge on any atom is -0.311 e. The van der Waals surface area contributed by atoms with E-state index in [1.165, 1.54) is 17.4 Å². The van der Waals surface area contributed by atoms with Gasteiger partial charge in [0.15, 0.2) is 0 Å². The molecule has 1 saturated heterocycles. The number of thiophene rings is 1. The molecule has 2 rings (SSSR count). The smallest absolute Gasteiger partial charge is 0.252 e. The van der Waals surface area contributed by atoms with E-state index < -0.39 is 10.0 Å². The lowest BCUT2D eigenvalue weighted by Crippen LogP contribution is -2.57. The SMILES string of the molecule is CCC1CN(S(=O)(=O)c2cc(Cl)c(Br)s2)C(CC)CN1. The van der Waals surface area contributed by atoms with Gasteiger partial charge in [-0.15, -0.1) is 11.3 Å². The lowest BCUT2D eigenvalue weighted by Gasteiger charge is -2.38. The standard InChI is InChI=1S/C12H18BrClN2O2S2/c1-3-8-7-16(9(4-2)6-15-8)20(17,18)11-5-10(14)12(13)19-11/h5,8-9,15H,3-4,6-7H2,1-2H3. The Morgan fingerprint density at radius 3 is 2.70 bits per heavy atom. The second-order valence-corrected chi connectivity index (χ2v) is 9.73. The highest BCUT2D eigenvalue weighted by atomic mass is 79.9. The van der Waals surface area contributed by atoms with Crippen LogP contribution >= 0.6 is 38.9 Å². The second kappa shape index (κ2) is 6.62. The van der Waals surface area contributed by atoms with Gasteiger partial charge in [-0.25, -0.2) is 8.42 Å². The summed E-state index contributed by atoms with van der Waals surface area (Å²) < 4.78 is 28.2. The first-order valence-corrected chi connectivity index (χ1v) is 10.0. The van der Waals surface area contributed by atoms with E-state index in [9.17, 15) is 8.42 Å². The fourth-order valence-corrected chi connectivity index (χ4v) is 6.59. The van der Waals surface area contributed by atoms with Gasteiger partial charge in [0.05, 0.1) is 8.81 Å². The molecular formula is C12H18BrClN2O2S2. The molecule has 114 valence electrons. The summed E-state index contributed by atoms with van der Waals surface area (Å²) in [6.07, 6.45) is 1.71. The third-order valence-electron chi connectivity index (χ3n) is 3.60. The van der Waals surface area contributed by atoms with E-state index in [1.54, 1.807) is 4.31 Å². The zero-order valence-electron chi connectivity index (χ0n) is 11.4. The number of nitrogens with zero attached hydrogens (tertiary/aromatic N) is 1. The van der Waals surface area contributed by atoms with Crippen LogP contribution in [-0.4, -0.2) is 37.9 Å².